The molecule has 210 valence electrons. The number of H-pyrrole nitrogens is 2. The summed E-state index contributed by atoms with van der Waals surface area (Å²) in [6.07, 6.45) is 16.7. The van der Waals surface area contributed by atoms with Crippen molar-refractivity contribution in [1.82, 2.24) is 39.9 Å². The van der Waals surface area contributed by atoms with Gasteiger partial charge in [0.2, 0.25) is 0 Å². The molecule has 5 rings (SSSR count). The zero-order valence-electron chi connectivity index (χ0n) is 24.5. The Bertz CT molecular complexity index is 1440. The molecule has 0 aliphatic carbocycles. The van der Waals surface area contributed by atoms with Crippen molar-refractivity contribution >= 4 is 45.9 Å². The standard InChI is InChI=1S/C32H42N8/c1-5-9-13-21-17-25-33-29(21)37-26-18-22(14-10-6-2)31(34-26)39-28-20-24(16-12-8-4)32(36-28)40-27-19-23(15-11-7-3)30(35-27)38-25/h17-20H,5-16H2,1-4H3,(H2,33,34,35,36,37,38,39,40). The van der Waals surface area contributed by atoms with Gasteiger partial charge in [-0.3, -0.25) is 0 Å². The summed E-state index contributed by atoms with van der Waals surface area (Å²) in [6, 6.07) is 4.24. The molecule has 0 radical (unpaired) electrons. The van der Waals surface area contributed by atoms with E-state index in [-0.39, 0.29) is 0 Å². The largest absolute Gasteiger partial charge is 0.325 e. The third kappa shape index (κ3) is 6.54. The molecule has 3 aromatic rings. The fourth-order valence-corrected chi connectivity index (χ4v) is 5.11. The van der Waals surface area contributed by atoms with Crippen LogP contribution in [0.15, 0.2) is 12.1 Å². The summed E-state index contributed by atoms with van der Waals surface area (Å²) < 4.78 is 0. The maximum atomic E-state index is 4.99. The third-order valence-electron chi connectivity index (χ3n) is 7.45. The molecule has 5 heterocycles. The Hall–Kier alpha value is -3.68. The minimum absolute atomic E-state index is 0.683. The Morgan fingerprint density at radius 3 is 1.30 bits per heavy atom. The van der Waals surface area contributed by atoms with E-state index in [0.717, 1.165) is 134 Å². The fraction of sp³-hybridized carbons (Fsp3) is 0.500. The highest BCUT2D eigenvalue weighted by Gasteiger charge is 2.16. The summed E-state index contributed by atoms with van der Waals surface area (Å²) >= 11 is 0. The van der Waals surface area contributed by atoms with Crippen LogP contribution < -0.4 is 0 Å². The Balaban J connectivity index is 1.77. The minimum atomic E-state index is 0.683. The van der Waals surface area contributed by atoms with Crippen molar-refractivity contribution < 1.29 is 0 Å². The molecule has 2 aliphatic rings. The number of hydrogen-bond acceptors (Lipinski definition) is 6. The van der Waals surface area contributed by atoms with Crippen LogP contribution in [0.5, 0.6) is 0 Å². The van der Waals surface area contributed by atoms with E-state index in [9.17, 15) is 0 Å². The van der Waals surface area contributed by atoms with Gasteiger partial charge in [-0.25, -0.2) is 29.9 Å². The lowest BCUT2D eigenvalue weighted by Gasteiger charge is -1.98. The van der Waals surface area contributed by atoms with Gasteiger partial charge in [0.1, 0.15) is 22.6 Å². The Morgan fingerprint density at radius 1 is 0.500 bits per heavy atom. The number of fused-ring (bicyclic) bond motifs is 8. The number of unbranched alkanes of at least 4 members (excludes halogenated alkanes) is 4. The fourth-order valence-electron chi connectivity index (χ4n) is 5.11. The summed E-state index contributed by atoms with van der Waals surface area (Å²) in [5.74, 6) is 2.83. The molecule has 0 atom stereocenters. The molecule has 2 N–H and O–H groups in total. The first-order valence-corrected chi connectivity index (χ1v) is 15.2. The topological polar surface area (TPSA) is 109 Å². The van der Waals surface area contributed by atoms with Crippen LogP contribution in [0.2, 0.25) is 0 Å². The molecule has 0 saturated carbocycles. The average Bonchev–Trinajstić information content (AvgIpc) is 3.71. The quantitative estimate of drug-likeness (QED) is 0.241. The predicted octanol–water partition coefficient (Wildman–Crippen LogP) is 8.04. The Kier molecular flexibility index (Phi) is 9.14. The molecule has 8 heteroatoms. The van der Waals surface area contributed by atoms with Crippen LogP contribution in [-0.4, -0.2) is 39.9 Å². The van der Waals surface area contributed by atoms with E-state index < -0.39 is 0 Å². The zero-order valence-corrected chi connectivity index (χ0v) is 24.5. The van der Waals surface area contributed by atoms with Crippen LogP contribution in [0.4, 0.5) is 0 Å². The van der Waals surface area contributed by atoms with Gasteiger partial charge >= 0.3 is 0 Å². The van der Waals surface area contributed by atoms with Crippen LogP contribution >= 0.6 is 0 Å². The Morgan fingerprint density at radius 2 is 0.900 bits per heavy atom. The smallest absolute Gasteiger partial charge is 0.160 e. The summed E-state index contributed by atoms with van der Waals surface area (Å²) in [5.41, 5.74) is 7.75. The number of aromatic nitrogens is 8. The van der Waals surface area contributed by atoms with Crippen molar-refractivity contribution in [2.24, 2.45) is 0 Å². The molecular weight excluding hydrogens is 496 g/mol. The van der Waals surface area contributed by atoms with E-state index in [1.807, 2.05) is 0 Å². The number of aryl methyl sites for hydroxylation is 2. The van der Waals surface area contributed by atoms with Crippen molar-refractivity contribution in [2.75, 3.05) is 0 Å². The number of rotatable bonds is 12. The first-order chi connectivity index (χ1) is 19.6. The Labute approximate surface area is 237 Å². The number of hydrogen-bond donors (Lipinski definition) is 2. The van der Waals surface area contributed by atoms with Crippen LogP contribution in [0.3, 0.4) is 0 Å². The first kappa shape index (κ1) is 27.9. The predicted molar refractivity (Wildman–Crippen MR) is 164 cm³/mol. The van der Waals surface area contributed by atoms with Gasteiger partial charge in [-0.05, 0) is 86.8 Å². The monoisotopic (exact) mass is 538 g/mol. The van der Waals surface area contributed by atoms with Crippen LogP contribution in [0, 0.1) is 0 Å². The van der Waals surface area contributed by atoms with Gasteiger partial charge in [0, 0.05) is 11.1 Å². The SMILES string of the molecule is CCCCC1=Cc2nc1nc1cc(CCCC)c(nc3nc(nc4cc(CCCC)c(n2)[nH]4)C(CCCC)=C3)[nH]1. The number of nitrogens with one attached hydrogen (secondary N) is 2. The normalized spacial score (nSPS) is 13.0. The molecule has 0 fully saturated rings. The van der Waals surface area contributed by atoms with Crippen molar-refractivity contribution in [3.8, 4) is 0 Å². The lowest BCUT2D eigenvalue weighted by atomic mass is 10.1. The van der Waals surface area contributed by atoms with E-state index in [1.54, 1.807) is 0 Å². The second-order valence-electron chi connectivity index (χ2n) is 10.8. The molecule has 40 heavy (non-hydrogen) atoms. The highest BCUT2D eigenvalue weighted by atomic mass is 15.0. The van der Waals surface area contributed by atoms with Crippen molar-refractivity contribution in [1.29, 1.82) is 0 Å². The van der Waals surface area contributed by atoms with Gasteiger partial charge in [-0.15, -0.1) is 0 Å². The molecule has 2 aliphatic heterocycles. The van der Waals surface area contributed by atoms with E-state index in [1.165, 1.54) is 0 Å². The molecule has 3 aromatic heterocycles. The van der Waals surface area contributed by atoms with Gasteiger partial charge in [-0.2, -0.15) is 0 Å². The molecular formula is C32H42N8. The van der Waals surface area contributed by atoms with Crippen LogP contribution in [0.1, 0.15) is 126 Å². The van der Waals surface area contributed by atoms with E-state index in [0.29, 0.717) is 11.6 Å². The van der Waals surface area contributed by atoms with E-state index >= 15 is 0 Å². The third-order valence-corrected chi connectivity index (χ3v) is 7.45. The highest BCUT2D eigenvalue weighted by Crippen LogP contribution is 2.27. The van der Waals surface area contributed by atoms with Crippen LogP contribution in [-0.2, 0) is 12.8 Å². The molecule has 8 bridgehead atoms. The van der Waals surface area contributed by atoms with Crippen molar-refractivity contribution in [2.45, 2.75) is 105 Å². The first-order valence-electron chi connectivity index (χ1n) is 15.2. The van der Waals surface area contributed by atoms with Gasteiger partial charge in [0.15, 0.2) is 23.3 Å². The molecule has 0 unspecified atom stereocenters. The summed E-state index contributed by atoms with van der Waals surface area (Å²) in [7, 11) is 0. The van der Waals surface area contributed by atoms with Crippen molar-refractivity contribution in [3.63, 3.8) is 0 Å². The maximum absolute atomic E-state index is 4.99. The molecule has 0 aromatic carbocycles. The van der Waals surface area contributed by atoms with Crippen molar-refractivity contribution in [3.05, 3.63) is 46.6 Å². The molecule has 0 spiro atoms. The summed E-state index contributed by atoms with van der Waals surface area (Å²) in [5, 5.41) is 0. The number of nitrogens with zero attached hydrogens (tertiary/aromatic N) is 6. The van der Waals surface area contributed by atoms with Gasteiger partial charge in [0.05, 0.1) is 0 Å². The van der Waals surface area contributed by atoms with Gasteiger partial charge in [0.25, 0.3) is 0 Å². The molecule has 8 nitrogen and oxygen atoms in total. The van der Waals surface area contributed by atoms with E-state index in [2.05, 4.69) is 61.9 Å². The second-order valence-corrected chi connectivity index (χ2v) is 10.8. The zero-order chi connectivity index (χ0) is 27.9. The molecule has 0 amide bonds. The number of aromatic amines is 2. The van der Waals surface area contributed by atoms with Crippen LogP contribution in [0.25, 0.3) is 45.9 Å². The lowest BCUT2D eigenvalue weighted by molar-refractivity contribution is 0.798. The second kappa shape index (κ2) is 13.1. The average molecular weight is 539 g/mol. The summed E-state index contributed by atoms with van der Waals surface area (Å²) in [6.45, 7) is 8.83. The maximum Gasteiger partial charge on any atom is 0.160 e. The van der Waals surface area contributed by atoms with Gasteiger partial charge < -0.3 is 9.97 Å². The highest BCUT2D eigenvalue weighted by molar-refractivity contribution is 5.82. The molecule has 0 saturated heterocycles. The lowest BCUT2D eigenvalue weighted by Crippen LogP contribution is -1.89. The number of allylic oxidation sites excluding steroid dienone is 2. The van der Waals surface area contributed by atoms with E-state index in [4.69, 9.17) is 29.9 Å². The van der Waals surface area contributed by atoms with Gasteiger partial charge in [-0.1, -0.05) is 53.4 Å². The minimum Gasteiger partial charge on any atom is -0.325 e. The summed E-state index contributed by atoms with van der Waals surface area (Å²) in [4.78, 5) is 36.7.